The maximum Gasteiger partial charge on any atom is 0.266 e. The molecule has 1 amide bonds. The highest BCUT2D eigenvalue weighted by atomic mass is 79.9. The monoisotopic (exact) mass is 353 g/mol. The minimum absolute atomic E-state index is 0.0340. The Morgan fingerprint density at radius 2 is 2.05 bits per heavy atom. The Hall–Kier alpha value is -1.11. The first-order chi connectivity index (χ1) is 9.56. The summed E-state index contributed by atoms with van der Waals surface area (Å²) in [5, 5.41) is 0.946. The van der Waals surface area contributed by atoms with Crippen LogP contribution in [0.2, 0.25) is 0 Å². The lowest BCUT2D eigenvalue weighted by molar-refractivity contribution is 0.0720. The molecule has 1 aromatic carbocycles. The number of likely N-dealkylation sites (tertiary alicyclic amines) is 1. The van der Waals surface area contributed by atoms with E-state index in [4.69, 9.17) is 11.5 Å². The smallest absolute Gasteiger partial charge is 0.266 e. The predicted octanol–water partition coefficient (Wildman–Crippen LogP) is 2.81. The molecule has 1 aliphatic rings. The van der Waals surface area contributed by atoms with Gasteiger partial charge in [0.25, 0.3) is 5.91 Å². The normalized spacial score (nSPS) is 16.8. The van der Waals surface area contributed by atoms with Gasteiger partial charge < -0.3 is 16.4 Å². The summed E-state index contributed by atoms with van der Waals surface area (Å²) in [6.45, 7) is 1.44. The van der Waals surface area contributed by atoms with Crippen molar-refractivity contribution in [2.75, 3.05) is 18.8 Å². The Kier molecular flexibility index (Phi) is 3.70. The zero-order chi connectivity index (χ0) is 14.3. The minimum Gasteiger partial charge on any atom is -0.397 e. The number of anilines is 1. The number of fused-ring (bicyclic) bond motifs is 1. The molecule has 0 atom stereocenters. The molecule has 6 heteroatoms. The van der Waals surface area contributed by atoms with Crippen LogP contribution in [-0.2, 0) is 0 Å². The number of hydrogen-bond acceptors (Lipinski definition) is 4. The van der Waals surface area contributed by atoms with Crippen molar-refractivity contribution < 1.29 is 4.79 Å². The van der Waals surface area contributed by atoms with Gasteiger partial charge in [0.15, 0.2) is 0 Å². The van der Waals surface area contributed by atoms with Crippen LogP contribution in [0.3, 0.4) is 0 Å². The van der Waals surface area contributed by atoms with Crippen LogP contribution in [0.25, 0.3) is 10.1 Å². The molecule has 1 aliphatic heterocycles. The van der Waals surface area contributed by atoms with Crippen molar-refractivity contribution in [1.82, 2.24) is 4.90 Å². The van der Waals surface area contributed by atoms with Crippen molar-refractivity contribution in [2.24, 2.45) is 5.73 Å². The Labute approximate surface area is 129 Å². The van der Waals surface area contributed by atoms with Crippen LogP contribution in [0.5, 0.6) is 0 Å². The molecule has 0 radical (unpaired) electrons. The minimum atomic E-state index is 0.0340. The van der Waals surface area contributed by atoms with Crippen LogP contribution in [0.1, 0.15) is 22.5 Å². The molecular weight excluding hydrogens is 338 g/mol. The average molecular weight is 354 g/mol. The number of carbonyl (C=O) groups is 1. The van der Waals surface area contributed by atoms with E-state index in [2.05, 4.69) is 15.9 Å². The molecule has 0 saturated carbocycles. The van der Waals surface area contributed by atoms with Gasteiger partial charge in [0, 0.05) is 33.7 Å². The number of nitrogen functional groups attached to an aromatic ring is 1. The van der Waals surface area contributed by atoms with Crippen LogP contribution >= 0.6 is 27.3 Å². The Morgan fingerprint density at radius 1 is 1.35 bits per heavy atom. The molecule has 2 heterocycles. The fraction of sp³-hybridized carbons (Fsp3) is 0.357. The second kappa shape index (κ2) is 5.35. The molecule has 0 spiro atoms. The first-order valence-corrected chi connectivity index (χ1v) is 8.19. The molecule has 1 aromatic heterocycles. The number of halogens is 1. The molecule has 20 heavy (non-hydrogen) atoms. The summed E-state index contributed by atoms with van der Waals surface area (Å²) in [6, 6.07) is 6.13. The van der Waals surface area contributed by atoms with E-state index in [0.29, 0.717) is 10.6 Å². The molecule has 4 N–H and O–H groups in total. The van der Waals surface area contributed by atoms with Crippen molar-refractivity contribution in [3.63, 3.8) is 0 Å². The van der Waals surface area contributed by atoms with E-state index in [1.165, 1.54) is 11.3 Å². The van der Waals surface area contributed by atoms with Crippen molar-refractivity contribution in [3.05, 3.63) is 27.5 Å². The molecule has 0 unspecified atom stereocenters. The van der Waals surface area contributed by atoms with Crippen molar-refractivity contribution in [3.8, 4) is 0 Å². The number of carbonyl (C=O) groups excluding carboxylic acids is 1. The summed E-state index contributed by atoms with van der Waals surface area (Å²) in [4.78, 5) is 15.1. The summed E-state index contributed by atoms with van der Waals surface area (Å²) >= 11 is 4.90. The molecule has 4 nitrogen and oxygen atoms in total. The standard InChI is InChI=1S/C14H16BrN3OS/c15-8-1-2-11-10(7-8)12(17)13(20-11)14(19)18-5-3-9(16)4-6-18/h1-2,7,9H,3-6,16-17H2. The molecule has 0 aliphatic carbocycles. The second-order valence-electron chi connectivity index (χ2n) is 5.11. The van der Waals surface area contributed by atoms with E-state index in [9.17, 15) is 4.79 Å². The van der Waals surface area contributed by atoms with Gasteiger partial charge in [0.2, 0.25) is 0 Å². The highest BCUT2D eigenvalue weighted by molar-refractivity contribution is 9.10. The van der Waals surface area contributed by atoms with Gasteiger partial charge in [-0.1, -0.05) is 15.9 Å². The lowest BCUT2D eigenvalue weighted by Gasteiger charge is -2.29. The van der Waals surface area contributed by atoms with Crippen LogP contribution < -0.4 is 11.5 Å². The van der Waals surface area contributed by atoms with E-state index in [0.717, 1.165) is 40.5 Å². The largest absolute Gasteiger partial charge is 0.397 e. The Bertz CT molecular complexity index is 662. The molecule has 0 bridgehead atoms. The lowest BCUT2D eigenvalue weighted by Crippen LogP contribution is -2.42. The number of piperidine rings is 1. The molecule has 106 valence electrons. The number of nitrogens with zero attached hydrogens (tertiary/aromatic N) is 1. The van der Waals surface area contributed by atoms with Gasteiger partial charge in [-0.25, -0.2) is 0 Å². The number of rotatable bonds is 1. The quantitative estimate of drug-likeness (QED) is 0.827. The predicted molar refractivity (Wildman–Crippen MR) is 87.1 cm³/mol. The van der Waals surface area contributed by atoms with Gasteiger partial charge in [-0.2, -0.15) is 0 Å². The zero-order valence-electron chi connectivity index (χ0n) is 10.9. The number of nitrogens with two attached hydrogens (primary N) is 2. The molecular formula is C14H16BrN3OS. The first kappa shape index (κ1) is 13.9. The first-order valence-electron chi connectivity index (χ1n) is 6.58. The summed E-state index contributed by atoms with van der Waals surface area (Å²) in [7, 11) is 0. The third kappa shape index (κ3) is 2.43. The summed E-state index contributed by atoms with van der Waals surface area (Å²) in [5.41, 5.74) is 12.6. The topological polar surface area (TPSA) is 72.4 Å². The molecule has 1 saturated heterocycles. The van der Waals surface area contributed by atoms with Crippen LogP contribution in [0, 0.1) is 0 Å². The van der Waals surface area contributed by atoms with Crippen LogP contribution in [0.4, 0.5) is 5.69 Å². The van der Waals surface area contributed by atoms with Gasteiger partial charge in [-0.3, -0.25) is 4.79 Å². The fourth-order valence-corrected chi connectivity index (χ4v) is 3.93. The van der Waals surface area contributed by atoms with E-state index in [-0.39, 0.29) is 11.9 Å². The van der Waals surface area contributed by atoms with E-state index >= 15 is 0 Å². The average Bonchev–Trinajstić information content (AvgIpc) is 2.76. The number of hydrogen-bond donors (Lipinski definition) is 2. The summed E-state index contributed by atoms with van der Waals surface area (Å²) < 4.78 is 2.01. The van der Waals surface area contributed by atoms with E-state index < -0.39 is 0 Å². The third-order valence-corrected chi connectivity index (χ3v) is 5.38. The Morgan fingerprint density at radius 3 is 2.75 bits per heavy atom. The zero-order valence-corrected chi connectivity index (χ0v) is 13.3. The van der Waals surface area contributed by atoms with Crippen LogP contribution in [-0.4, -0.2) is 29.9 Å². The van der Waals surface area contributed by atoms with Gasteiger partial charge in [0.1, 0.15) is 4.88 Å². The van der Waals surface area contributed by atoms with Gasteiger partial charge in [-0.05, 0) is 31.0 Å². The molecule has 3 rings (SSSR count). The number of benzene rings is 1. The van der Waals surface area contributed by atoms with Crippen LogP contribution in [0.15, 0.2) is 22.7 Å². The van der Waals surface area contributed by atoms with E-state index in [1.54, 1.807) is 0 Å². The van der Waals surface area contributed by atoms with Crippen molar-refractivity contribution in [1.29, 1.82) is 0 Å². The summed E-state index contributed by atoms with van der Waals surface area (Å²) in [5.74, 6) is 0.0340. The number of thiophene rings is 1. The van der Waals surface area contributed by atoms with E-state index in [1.807, 2.05) is 23.1 Å². The third-order valence-electron chi connectivity index (χ3n) is 3.71. The van der Waals surface area contributed by atoms with Gasteiger partial charge >= 0.3 is 0 Å². The van der Waals surface area contributed by atoms with Crippen molar-refractivity contribution in [2.45, 2.75) is 18.9 Å². The molecule has 1 fully saturated rings. The highest BCUT2D eigenvalue weighted by Gasteiger charge is 2.25. The van der Waals surface area contributed by atoms with Gasteiger partial charge in [-0.15, -0.1) is 11.3 Å². The van der Waals surface area contributed by atoms with Crippen molar-refractivity contribution >= 4 is 48.9 Å². The maximum absolute atomic E-state index is 12.6. The summed E-state index contributed by atoms with van der Waals surface area (Å²) in [6.07, 6.45) is 1.73. The number of amides is 1. The highest BCUT2D eigenvalue weighted by Crippen LogP contribution is 2.36. The maximum atomic E-state index is 12.6. The Balaban J connectivity index is 1.93. The van der Waals surface area contributed by atoms with Gasteiger partial charge in [0.05, 0.1) is 5.69 Å². The SMILES string of the molecule is Nc1c(C(=O)N2CCC(N)CC2)sc2ccc(Br)cc12. The second-order valence-corrected chi connectivity index (χ2v) is 7.08. The fourth-order valence-electron chi connectivity index (χ4n) is 2.49. The lowest BCUT2D eigenvalue weighted by atomic mass is 10.1. The molecule has 2 aromatic rings.